The normalized spacial score (nSPS) is 12.6. The molecule has 1 atom stereocenters. The molecular formula is C16H25NO2. The van der Waals surface area contributed by atoms with E-state index in [4.69, 9.17) is 5.11 Å². The van der Waals surface area contributed by atoms with Crippen LogP contribution in [0.3, 0.4) is 0 Å². The predicted octanol–water partition coefficient (Wildman–Crippen LogP) is 3.40. The summed E-state index contributed by atoms with van der Waals surface area (Å²) >= 11 is 0. The van der Waals surface area contributed by atoms with Crippen molar-refractivity contribution in [3.8, 4) is 0 Å². The maximum atomic E-state index is 10.7. The van der Waals surface area contributed by atoms with Gasteiger partial charge >= 0.3 is 5.97 Å². The third kappa shape index (κ3) is 5.43. The molecule has 0 saturated heterocycles. The van der Waals surface area contributed by atoms with Gasteiger partial charge in [0.15, 0.2) is 0 Å². The lowest BCUT2D eigenvalue weighted by molar-refractivity contribution is -0.136. The standard InChI is InChI=1S/C16H25NO2/c1-4-5-6-13-7-9-14(10-8-13)16(12(2)3)17-11-15(18)19/h7-10,12,16-17H,4-6,11H2,1-3H3,(H,18,19). The fraction of sp³-hybridized carbons (Fsp3) is 0.562. The van der Waals surface area contributed by atoms with E-state index in [1.165, 1.54) is 18.4 Å². The highest BCUT2D eigenvalue weighted by molar-refractivity contribution is 5.69. The fourth-order valence-corrected chi connectivity index (χ4v) is 2.21. The van der Waals surface area contributed by atoms with Crippen LogP contribution in [0, 0.1) is 5.92 Å². The number of carboxylic acid groups (broad SMARTS) is 1. The first-order valence-corrected chi connectivity index (χ1v) is 7.08. The Morgan fingerprint density at radius 1 is 1.26 bits per heavy atom. The molecular weight excluding hydrogens is 238 g/mol. The van der Waals surface area contributed by atoms with Crippen LogP contribution < -0.4 is 5.32 Å². The number of nitrogens with one attached hydrogen (secondary N) is 1. The van der Waals surface area contributed by atoms with E-state index < -0.39 is 5.97 Å². The Morgan fingerprint density at radius 3 is 2.37 bits per heavy atom. The third-order valence-corrected chi connectivity index (χ3v) is 3.30. The Labute approximate surface area is 116 Å². The molecule has 1 aromatic rings. The van der Waals surface area contributed by atoms with Crippen LogP contribution in [0.4, 0.5) is 0 Å². The van der Waals surface area contributed by atoms with Crippen molar-refractivity contribution in [1.29, 1.82) is 0 Å². The summed E-state index contributed by atoms with van der Waals surface area (Å²) in [6, 6.07) is 8.64. The topological polar surface area (TPSA) is 49.3 Å². The van der Waals surface area contributed by atoms with Gasteiger partial charge in [0, 0.05) is 6.04 Å². The minimum absolute atomic E-state index is 0.000429. The molecule has 0 aliphatic heterocycles. The maximum absolute atomic E-state index is 10.7. The molecule has 0 amide bonds. The summed E-state index contributed by atoms with van der Waals surface area (Å²) in [5.41, 5.74) is 2.52. The Balaban J connectivity index is 2.71. The molecule has 0 aliphatic rings. The van der Waals surface area contributed by atoms with E-state index in [1.807, 2.05) is 0 Å². The van der Waals surface area contributed by atoms with Gasteiger partial charge in [0.05, 0.1) is 6.54 Å². The van der Waals surface area contributed by atoms with Crippen LogP contribution in [0.2, 0.25) is 0 Å². The van der Waals surface area contributed by atoms with Crippen molar-refractivity contribution < 1.29 is 9.90 Å². The van der Waals surface area contributed by atoms with Gasteiger partial charge in [-0.25, -0.2) is 0 Å². The van der Waals surface area contributed by atoms with Gasteiger partial charge in [-0.2, -0.15) is 0 Å². The SMILES string of the molecule is CCCCc1ccc(C(NCC(=O)O)C(C)C)cc1. The van der Waals surface area contributed by atoms with E-state index >= 15 is 0 Å². The molecule has 0 heterocycles. The van der Waals surface area contributed by atoms with E-state index in [2.05, 4.69) is 50.4 Å². The molecule has 0 aromatic heterocycles. The first-order chi connectivity index (χ1) is 9.04. The molecule has 0 bridgehead atoms. The van der Waals surface area contributed by atoms with Gasteiger partial charge in [-0.05, 0) is 29.9 Å². The Morgan fingerprint density at radius 2 is 1.89 bits per heavy atom. The lowest BCUT2D eigenvalue weighted by Gasteiger charge is -2.22. The van der Waals surface area contributed by atoms with Gasteiger partial charge in [0.25, 0.3) is 0 Å². The van der Waals surface area contributed by atoms with Gasteiger partial charge in [0.2, 0.25) is 0 Å². The molecule has 1 aromatic carbocycles. The molecule has 0 spiro atoms. The second-order valence-electron chi connectivity index (χ2n) is 5.34. The Hall–Kier alpha value is -1.35. The molecule has 0 fully saturated rings. The summed E-state index contributed by atoms with van der Waals surface area (Å²) in [5, 5.41) is 11.9. The van der Waals surface area contributed by atoms with Crippen molar-refractivity contribution in [3.05, 3.63) is 35.4 Å². The number of aliphatic carboxylic acids is 1. The highest BCUT2D eigenvalue weighted by Crippen LogP contribution is 2.22. The minimum atomic E-state index is -0.815. The smallest absolute Gasteiger partial charge is 0.317 e. The van der Waals surface area contributed by atoms with E-state index in [0.29, 0.717) is 5.92 Å². The first-order valence-electron chi connectivity index (χ1n) is 7.08. The number of carboxylic acids is 1. The van der Waals surface area contributed by atoms with Crippen molar-refractivity contribution in [2.75, 3.05) is 6.54 Å². The summed E-state index contributed by atoms with van der Waals surface area (Å²) < 4.78 is 0. The number of benzene rings is 1. The minimum Gasteiger partial charge on any atom is -0.480 e. The number of hydrogen-bond acceptors (Lipinski definition) is 2. The summed E-state index contributed by atoms with van der Waals surface area (Å²) in [6.07, 6.45) is 3.53. The predicted molar refractivity (Wildman–Crippen MR) is 78.3 cm³/mol. The van der Waals surface area contributed by atoms with Crippen molar-refractivity contribution in [2.45, 2.75) is 46.1 Å². The number of rotatable bonds is 8. The zero-order valence-corrected chi connectivity index (χ0v) is 12.1. The Bertz CT molecular complexity index is 384. The summed E-state index contributed by atoms with van der Waals surface area (Å²) in [7, 11) is 0. The lowest BCUT2D eigenvalue weighted by atomic mass is 9.94. The lowest BCUT2D eigenvalue weighted by Crippen LogP contribution is -2.30. The van der Waals surface area contributed by atoms with Crippen LogP contribution in [0.5, 0.6) is 0 Å². The average Bonchev–Trinajstić information content (AvgIpc) is 2.37. The van der Waals surface area contributed by atoms with Gasteiger partial charge in [-0.3, -0.25) is 10.1 Å². The largest absolute Gasteiger partial charge is 0.480 e. The van der Waals surface area contributed by atoms with Gasteiger partial charge < -0.3 is 5.11 Å². The monoisotopic (exact) mass is 263 g/mol. The van der Waals surface area contributed by atoms with E-state index in [9.17, 15) is 4.79 Å². The molecule has 3 nitrogen and oxygen atoms in total. The van der Waals surface area contributed by atoms with Crippen LogP contribution >= 0.6 is 0 Å². The number of carbonyl (C=O) groups is 1. The van der Waals surface area contributed by atoms with Crippen LogP contribution in [-0.4, -0.2) is 17.6 Å². The van der Waals surface area contributed by atoms with Crippen LogP contribution in [0.15, 0.2) is 24.3 Å². The van der Waals surface area contributed by atoms with E-state index in [1.54, 1.807) is 0 Å². The van der Waals surface area contributed by atoms with Crippen LogP contribution in [0.25, 0.3) is 0 Å². The molecule has 3 heteroatoms. The van der Waals surface area contributed by atoms with Gasteiger partial charge in [-0.15, -0.1) is 0 Å². The highest BCUT2D eigenvalue weighted by Gasteiger charge is 2.16. The molecule has 1 unspecified atom stereocenters. The van der Waals surface area contributed by atoms with Gasteiger partial charge in [0.1, 0.15) is 0 Å². The maximum Gasteiger partial charge on any atom is 0.317 e. The second kappa shape index (κ2) is 7.95. The fourth-order valence-electron chi connectivity index (χ4n) is 2.21. The average molecular weight is 263 g/mol. The van der Waals surface area contributed by atoms with Crippen molar-refractivity contribution >= 4 is 5.97 Å². The summed E-state index contributed by atoms with van der Waals surface area (Å²) in [6.45, 7) is 6.40. The van der Waals surface area contributed by atoms with E-state index in [-0.39, 0.29) is 12.6 Å². The quantitative estimate of drug-likeness (QED) is 0.755. The second-order valence-corrected chi connectivity index (χ2v) is 5.34. The van der Waals surface area contributed by atoms with E-state index in [0.717, 1.165) is 12.0 Å². The molecule has 0 radical (unpaired) electrons. The third-order valence-electron chi connectivity index (χ3n) is 3.30. The Kier molecular flexibility index (Phi) is 6.57. The molecule has 0 aliphatic carbocycles. The van der Waals surface area contributed by atoms with Crippen molar-refractivity contribution in [1.82, 2.24) is 5.32 Å². The molecule has 19 heavy (non-hydrogen) atoms. The van der Waals surface area contributed by atoms with Crippen LogP contribution in [0.1, 0.15) is 50.8 Å². The van der Waals surface area contributed by atoms with Crippen molar-refractivity contribution in [3.63, 3.8) is 0 Å². The first kappa shape index (κ1) is 15.7. The molecule has 106 valence electrons. The van der Waals surface area contributed by atoms with Crippen LogP contribution in [-0.2, 0) is 11.2 Å². The number of aryl methyl sites for hydroxylation is 1. The van der Waals surface area contributed by atoms with Gasteiger partial charge in [-0.1, -0.05) is 51.5 Å². The number of unbranched alkanes of at least 4 members (excludes halogenated alkanes) is 1. The zero-order chi connectivity index (χ0) is 14.3. The zero-order valence-electron chi connectivity index (χ0n) is 12.1. The number of hydrogen-bond donors (Lipinski definition) is 2. The highest BCUT2D eigenvalue weighted by atomic mass is 16.4. The molecule has 1 rings (SSSR count). The molecule has 0 saturated carbocycles. The summed E-state index contributed by atoms with van der Waals surface area (Å²) in [4.78, 5) is 10.7. The molecule has 2 N–H and O–H groups in total. The summed E-state index contributed by atoms with van der Waals surface area (Å²) in [5.74, 6) is -0.453. The van der Waals surface area contributed by atoms with Crippen molar-refractivity contribution in [2.24, 2.45) is 5.92 Å².